The van der Waals surface area contributed by atoms with Gasteiger partial charge in [0.15, 0.2) is 6.29 Å². The number of aliphatic hydroxyl groups is 1. The first-order chi connectivity index (χ1) is 7.40. The SMILES string of the molecule is OCCC#Cc1csc(C2OCCO2)c1. The Labute approximate surface area is 92.6 Å². The molecule has 1 aliphatic rings. The fraction of sp³-hybridized carbons (Fsp3) is 0.455. The van der Waals surface area contributed by atoms with Gasteiger partial charge in [-0.15, -0.1) is 11.3 Å². The van der Waals surface area contributed by atoms with Crippen LogP contribution in [-0.2, 0) is 9.47 Å². The largest absolute Gasteiger partial charge is 0.395 e. The monoisotopic (exact) mass is 224 g/mol. The van der Waals surface area contributed by atoms with Gasteiger partial charge in [0.2, 0.25) is 0 Å². The molecule has 1 aromatic heterocycles. The lowest BCUT2D eigenvalue weighted by molar-refractivity contribution is -0.0413. The fourth-order valence-corrected chi connectivity index (χ4v) is 2.12. The standard InChI is InChI=1S/C11H12O3S/c12-4-2-1-3-9-7-10(15-8-9)11-13-5-6-14-11/h7-8,11-12H,2,4-6H2. The summed E-state index contributed by atoms with van der Waals surface area (Å²) in [6.45, 7) is 1.43. The van der Waals surface area contributed by atoms with Crippen molar-refractivity contribution in [3.63, 3.8) is 0 Å². The van der Waals surface area contributed by atoms with Crippen LogP contribution < -0.4 is 0 Å². The van der Waals surface area contributed by atoms with E-state index < -0.39 is 0 Å². The quantitative estimate of drug-likeness (QED) is 0.774. The Bertz CT molecular complexity index is 369. The highest BCUT2D eigenvalue weighted by molar-refractivity contribution is 7.10. The molecule has 1 fully saturated rings. The van der Waals surface area contributed by atoms with Gasteiger partial charge in [0.05, 0.1) is 24.7 Å². The summed E-state index contributed by atoms with van der Waals surface area (Å²) in [6, 6.07) is 1.98. The molecule has 3 nitrogen and oxygen atoms in total. The molecule has 0 unspecified atom stereocenters. The highest BCUT2D eigenvalue weighted by Crippen LogP contribution is 2.28. The van der Waals surface area contributed by atoms with E-state index in [1.54, 1.807) is 11.3 Å². The summed E-state index contributed by atoms with van der Waals surface area (Å²) in [5.74, 6) is 5.86. The molecule has 0 saturated carbocycles. The van der Waals surface area contributed by atoms with Crippen molar-refractivity contribution in [3.05, 3.63) is 21.9 Å². The van der Waals surface area contributed by atoms with E-state index in [4.69, 9.17) is 14.6 Å². The fourth-order valence-electron chi connectivity index (χ4n) is 1.29. The van der Waals surface area contributed by atoms with Crippen LogP contribution in [0.3, 0.4) is 0 Å². The van der Waals surface area contributed by atoms with E-state index in [1.807, 2.05) is 11.4 Å². The summed E-state index contributed by atoms with van der Waals surface area (Å²) in [4.78, 5) is 1.06. The zero-order valence-electron chi connectivity index (χ0n) is 8.23. The molecule has 4 heteroatoms. The van der Waals surface area contributed by atoms with E-state index in [2.05, 4.69) is 11.8 Å². The van der Waals surface area contributed by atoms with E-state index in [1.165, 1.54) is 0 Å². The van der Waals surface area contributed by atoms with Crippen LogP contribution in [0.5, 0.6) is 0 Å². The number of hydrogen-bond acceptors (Lipinski definition) is 4. The molecule has 0 radical (unpaired) electrons. The van der Waals surface area contributed by atoms with Crippen LogP contribution in [0.2, 0.25) is 0 Å². The lowest BCUT2D eigenvalue weighted by Crippen LogP contribution is -1.93. The molecular formula is C11H12O3S. The Morgan fingerprint density at radius 3 is 3.00 bits per heavy atom. The number of rotatable bonds is 2. The summed E-state index contributed by atoms with van der Waals surface area (Å²) < 4.78 is 10.8. The topological polar surface area (TPSA) is 38.7 Å². The van der Waals surface area contributed by atoms with E-state index in [0.717, 1.165) is 10.4 Å². The third kappa shape index (κ3) is 2.80. The van der Waals surface area contributed by atoms with Crippen molar-refractivity contribution in [2.24, 2.45) is 0 Å². The lowest BCUT2D eigenvalue weighted by atomic mass is 10.3. The lowest BCUT2D eigenvalue weighted by Gasteiger charge is -2.03. The zero-order valence-corrected chi connectivity index (χ0v) is 9.05. The zero-order chi connectivity index (χ0) is 10.5. The molecule has 80 valence electrons. The van der Waals surface area contributed by atoms with Gasteiger partial charge in [0.25, 0.3) is 0 Å². The molecule has 1 aliphatic heterocycles. The van der Waals surface area contributed by atoms with Crippen LogP contribution in [-0.4, -0.2) is 24.9 Å². The van der Waals surface area contributed by atoms with Crippen molar-refractivity contribution in [2.45, 2.75) is 12.7 Å². The minimum absolute atomic E-state index is 0.110. The molecule has 15 heavy (non-hydrogen) atoms. The van der Waals surface area contributed by atoms with Crippen molar-refractivity contribution in [1.82, 2.24) is 0 Å². The molecule has 1 saturated heterocycles. The molecule has 1 aromatic rings. The summed E-state index contributed by atoms with van der Waals surface area (Å²) in [7, 11) is 0. The Hall–Kier alpha value is -0.860. The molecular weight excluding hydrogens is 212 g/mol. The van der Waals surface area contributed by atoms with Gasteiger partial charge in [0, 0.05) is 17.4 Å². The third-order valence-corrected chi connectivity index (χ3v) is 2.90. The minimum Gasteiger partial charge on any atom is -0.395 e. The van der Waals surface area contributed by atoms with Crippen molar-refractivity contribution in [3.8, 4) is 11.8 Å². The van der Waals surface area contributed by atoms with Gasteiger partial charge in [-0.25, -0.2) is 0 Å². The molecule has 0 amide bonds. The first-order valence-corrected chi connectivity index (χ1v) is 5.69. The number of ether oxygens (including phenoxy) is 2. The Morgan fingerprint density at radius 2 is 2.27 bits per heavy atom. The Kier molecular flexibility index (Phi) is 3.75. The van der Waals surface area contributed by atoms with E-state index >= 15 is 0 Å². The van der Waals surface area contributed by atoms with E-state index in [0.29, 0.717) is 19.6 Å². The predicted octanol–water partition coefficient (Wildman–Crippen LogP) is 1.53. The van der Waals surface area contributed by atoms with Gasteiger partial charge in [-0.2, -0.15) is 0 Å². The summed E-state index contributed by atoms with van der Waals surface area (Å²) in [5.41, 5.74) is 0.961. The van der Waals surface area contributed by atoms with Crippen LogP contribution >= 0.6 is 11.3 Å². The van der Waals surface area contributed by atoms with Gasteiger partial charge in [-0.3, -0.25) is 0 Å². The second-order valence-electron chi connectivity index (χ2n) is 3.09. The Morgan fingerprint density at radius 1 is 1.47 bits per heavy atom. The molecule has 2 heterocycles. The molecule has 0 aliphatic carbocycles. The first kappa shape index (κ1) is 10.7. The van der Waals surface area contributed by atoms with E-state index in [9.17, 15) is 0 Å². The normalized spacial score (nSPS) is 16.3. The minimum atomic E-state index is -0.205. The average Bonchev–Trinajstić information content (AvgIpc) is 2.87. The van der Waals surface area contributed by atoms with Crippen molar-refractivity contribution in [1.29, 1.82) is 0 Å². The maximum Gasteiger partial charge on any atom is 0.193 e. The summed E-state index contributed by atoms with van der Waals surface area (Å²) in [5, 5.41) is 10.6. The number of thiophene rings is 1. The van der Waals surface area contributed by atoms with Gasteiger partial charge in [-0.05, 0) is 6.07 Å². The first-order valence-electron chi connectivity index (χ1n) is 4.81. The molecule has 2 rings (SSSR count). The van der Waals surface area contributed by atoms with Crippen LogP contribution in [0.4, 0.5) is 0 Å². The van der Waals surface area contributed by atoms with E-state index in [-0.39, 0.29) is 12.9 Å². The highest BCUT2D eigenvalue weighted by atomic mass is 32.1. The second-order valence-corrected chi connectivity index (χ2v) is 4.03. The summed E-state index contributed by atoms with van der Waals surface area (Å²) >= 11 is 1.59. The molecule has 0 spiro atoms. The predicted molar refractivity (Wildman–Crippen MR) is 57.5 cm³/mol. The number of aliphatic hydroxyl groups excluding tert-OH is 1. The van der Waals surface area contributed by atoms with Crippen molar-refractivity contribution < 1.29 is 14.6 Å². The van der Waals surface area contributed by atoms with Crippen LogP contribution in [0.25, 0.3) is 0 Å². The third-order valence-electron chi connectivity index (χ3n) is 1.94. The maximum atomic E-state index is 8.58. The van der Waals surface area contributed by atoms with Gasteiger partial charge >= 0.3 is 0 Å². The van der Waals surface area contributed by atoms with Gasteiger partial charge < -0.3 is 14.6 Å². The van der Waals surface area contributed by atoms with Gasteiger partial charge in [-0.1, -0.05) is 11.8 Å². The smallest absolute Gasteiger partial charge is 0.193 e. The highest BCUT2D eigenvalue weighted by Gasteiger charge is 2.19. The molecule has 1 N–H and O–H groups in total. The maximum absolute atomic E-state index is 8.58. The Balaban J connectivity index is 2.01. The van der Waals surface area contributed by atoms with Crippen LogP contribution in [0.1, 0.15) is 23.2 Å². The average molecular weight is 224 g/mol. The van der Waals surface area contributed by atoms with Crippen molar-refractivity contribution >= 4 is 11.3 Å². The van der Waals surface area contributed by atoms with Crippen LogP contribution in [0, 0.1) is 11.8 Å². The molecule has 0 atom stereocenters. The summed E-state index contributed by atoms with van der Waals surface area (Å²) in [6.07, 6.45) is 0.310. The molecule has 0 bridgehead atoms. The van der Waals surface area contributed by atoms with Gasteiger partial charge in [0.1, 0.15) is 0 Å². The van der Waals surface area contributed by atoms with Crippen LogP contribution in [0.15, 0.2) is 11.4 Å². The second kappa shape index (κ2) is 5.29. The molecule has 0 aromatic carbocycles. The number of hydrogen-bond donors (Lipinski definition) is 1. The van der Waals surface area contributed by atoms with Crippen molar-refractivity contribution in [2.75, 3.05) is 19.8 Å².